The van der Waals surface area contributed by atoms with Crippen LogP contribution in [-0.2, 0) is 11.2 Å². The van der Waals surface area contributed by atoms with E-state index in [2.05, 4.69) is 24.3 Å². The zero-order chi connectivity index (χ0) is 20.4. The van der Waals surface area contributed by atoms with Crippen LogP contribution in [0, 0.1) is 26.3 Å². The van der Waals surface area contributed by atoms with Gasteiger partial charge in [-0.05, 0) is 37.5 Å². The molecule has 0 amide bonds. The Balaban J connectivity index is 1.87. The molecule has 0 radical (unpaired) electrons. The van der Waals surface area contributed by atoms with Crippen LogP contribution in [-0.4, -0.2) is 21.0 Å². The van der Waals surface area contributed by atoms with Crippen molar-refractivity contribution in [3.05, 3.63) is 52.8 Å². The van der Waals surface area contributed by atoms with E-state index in [1.807, 2.05) is 33.8 Å². The van der Waals surface area contributed by atoms with E-state index in [9.17, 15) is 9.32 Å². The molecule has 8 nitrogen and oxygen atoms in total. The molecular weight excluding hydrogens is 378 g/mol. The highest BCUT2D eigenvalue weighted by molar-refractivity contribution is 7.83. The first-order valence-corrected chi connectivity index (χ1v) is 9.76. The van der Waals surface area contributed by atoms with Gasteiger partial charge in [-0.3, -0.25) is 0 Å². The second-order valence-electron chi connectivity index (χ2n) is 6.77. The van der Waals surface area contributed by atoms with Crippen molar-refractivity contribution < 1.29 is 13.7 Å². The number of hydrogen-bond donors (Lipinski definition) is 3. The molecule has 1 aliphatic rings. The van der Waals surface area contributed by atoms with Gasteiger partial charge in [-0.2, -0.15) is 0 Å². The molecule has 9 heteroatoms. The molecule has 1 aliphatic heterocycles. The number of furan rings is 1. The highest BCUT2D eigenvalue weighted by atomic mass is 32.2. The van der Waals surface area contributed by atoms with Crippen molar-refractivity contribution in [3.8, 4) is 5.75 Å². The number of rotatable bonds is 4. The molecule has 3 rings (SSSR count). The zero-order valence-corrected chi connectivity index (χ0v) is 16.8. The lowest BCUT2D eigenvalue weighted by atomic mass is 10.0. The van der Waals surface area contributed by atoms with Crippen molar-refractivity contribution >= 4 is 34.2 Å². The summed E-state index contributed by atoms with van der Waals surface area (Å²) in [5.41, 5.74) is 1.44. The molecular formula is C19H21N5O3S. The van der Waals surface area contributed by atoms with Crippen molar-refractivity contribution in [1.82, 2.24) is 5.32 Å². The molecule has 1 aromatic carbocycles. The first-order chi connectivity index (χ1) is 13.3. The zero-order valence-electron chi connectivity index (χ0n) is 16.0. The van der Waals surface area contributed by atoms with Crippen molar-refractivity contribution in [2.75, 3.05) is 5.32 Å². The predicted molar refractivity (Wildman–Crippen MR) is 110 cm³/mol. The maximum atomic E-state index is 11.9. The molecule has 146 valence electrons. The number of aryl methyl sites for hydroxylation is 2. The van der Waals surface area contributed by atoms with Crippen LogP contribution in [0.1, 0.15) is 37.0 Å². The molecule has 2 aromatic rings. The van der Waals surface area contributed by atoms with E-state index in [-0.39, 0.29) is 34.9 Å². The van der Waals surface area contributed by atoms with Crippen LogP contribution in [0.15, 0.2) is 37.5 Å². The third kappa shape index (κ3) is 3.92. The van der Waals surface area contributed by atoms with Gasteiger partial charge in [-0.15, -0.1) is 8.80 Å². The van der Waals surface area contributed by atoms with Gasteiger partial charge < -0.3 is 20.2 Å². The number of hydrogen-bond acceptors (Lipinski definition) is 5. The van der Waals surface area contributed by atoms with E-state index < -0.39 is 11.2 Å². The summed E-state index contributed by atoms with van der Waals surface area (Å²) in [6.07, 6.45) is 0. The number of para-hydroxylation sites is 1. The van der Waals surface area contributed by atoms with Gasteiger partial charge in [0.1, 0.15) is 17.3 Å². The Hall–Kier alpha value is -3.12. The van der Waals surface area contributed by atoms with Gasteiger partial charge in [-0.25, -0.2) is 9.05 Å². The van der Waals surface area contributed by atoms with Crippen LogP contribution in [0.5, 0.6) is 5.75 Å². The van der Waals surface area contributed by atoms with Gasteiger partial charge in [0.2, 0.25) is 5.69 Å². The summed E-state index contributed by atoms with van der Waals surface area (Å²) in [6, 6.07) is 6.50. The number of nitrogens with one attached hydrogen (secondary N) is 2. The molecule has 0 fully saturated rings. The minimum Gasteiger partial charge on any atom is -0.517 e. The topological polar surface area (TPSA) is 104 Å². The first kappa shape index (κ1) is 19.6. The lowest BCUT2D eigenvalue weighted by molar-refractivity contribution is 0.369. The first-order valence-electron chi connectivity index (χ1n) is 8.69. The van der Waals surface area contributed by atoms with Gasteiger partial charge in [-0.1, -0.05) is 26.0 Å². The third-order valence-corrected chi connectivity index (χ3v) is 5.08. The Kier molecular flexibility index (Phi) is 5.51. The smallest absolute Gasteiger partial charge is 0.269 e. The summed E-state index contributed by atoms with van der Waals surface area (Å²) in [4.78, 5) is 3.26. The van der Waals surface area contributed by atoms with Crippen molar-refractivity contribution in [2.45, 2.75) is 33.7 Å². The number of phenols is 1. The van der Waals surface area contributed by atoms with Crippen LogP contribution in [0.3, 0.4) is 0 Å². The highest BCUT2D eigenvalue weighted by Gasteiger charge is 2.27. The third-order valence-electron chi connectivity index (χ3n) is 4.40. The van der Waals surface area contributed by atoms with Crippen LogP contribution >= 0.6 is 0 Å². The fraction of sp³-hybridized carbons (Fsp3) is 0.316. The second-order valence-corrected chi connectivity index (χ2v) is 7.60. The maximum absolute atomic E-state index is 11.9. The molecule has 0 saturated carbocycles. The Bertz CT molecular complexity index is 1010. The van der Waals surface area contributed by atoms with E-state index in [0.717, 1.165) is 17.1 Å². The SMILES string of the molecule is [C-]#[N+]c1cccc(NC2=NS(=O)N=C2N[C@@H](c2cc(C)c(C)o2)C(C)C)c1O. The number of nitrogens with zero attached hydrogens (tertiary/aromatic N) is 3. The van der Waals surface area contributed by atoms with Crippen LogP contribution in [0.25, 0.3) is 4.85 Å². The molecule has 0 saturated heterocycles. The fourth-order valence-corrected chi connectivity index (χ4v) is 3.38. The van der Waals surface area contributed by atoms with E-state index in [4.69, 9.17) is 11.0 Å². The molecule has 2 heterocycles. The molecule has 0 bridgehead atoms. The monoisotopic (exact) mass is 399 g/mol. The lowest BCUT2D eigenvalue weighted by Gasteiger charge is -2.22. The number of aromatic hydroxyl groups is 1. The largest absolute Gasteiger partial charge is 0.517 e. The standard InChI is InChI=1S/C19H21N5O3S/c1-10(2)16(15-9-11(3)12(4)27-15)22-19-18(23-28(26)24-19)21-14-8-6-7-13(20-5)17(14)25/h6-10,16,25H,1-4H3,(H,21,23)(H,22,24)/t16-,28?/m1/s1. The minimum absolute atomic E-state index is 0.109. The second kappa shape index (κ2) is 7.86. The Morgan fingerprint density at radius 3 is 2.57 bits per heavy atom. The van der Waals surface area contributed by atoms with Crippen molar-refractivity contribution in [3.63, 3.8) is 0 Å². The van der Waals surface area contributed by atoms with Crippen LogP contribution in [0.4, 0.5) is 11.4 Å². The summed E-state index contributed by atoms with van der Waals surface area (Å²) in [7, 11) is 0. The number of amidine groups is 2. The van der Waals surface area contributed by atoms with Gasteiger partial charge in [0.25, 0.3) is 11.2 Å². The molecule has 2 atom stereocenters. The van der Waals surface area contributed by atoms with Crippen molar-refractivity contribution in [1.29, 1.82) is 0 Å². The van der Waals surface area contributed by atoms with Crippen molar-refractivity contribution in [2.24, 2.45) is 14.7 Å². The number of phenolic OH excluding ortho intramolecular Hbond substituents is 1. The molecule has 1 aromatic heterocycles. The van der Waals surface area contributed by atoms with Gasteiger partial charge >= 0.3 is 0 Å². The van der Waals surface area contributed by atoms with Gasteiger partial charge in [0, 0.05) is 0 Å². The minimum atomic E-state index is -1.78. The van der Waals surface area contributed by atoms with Gasteiger partial charge in [0.05, 0.1) is 18.3 Å². The predicted octanol–water partition coefficient (Wildman–Crippen LogP) is 3.94. The molecule has 1 unspecified atom stereocenters. The Labute approximate surface area is 165 Å². The lowest BCUT2D eigenvalue weighted by Crippen LogP contribution is -2.38. The molecule has 0 aliphatic carbocycles. The van der Waals surface area contributed by atoms with Gasteiger partial charge in [0.15, 0.2) is 11.7 Å². The average Bonchev–Trinajstić information content (AvgIpc) is 3.15. The number of benzene rings is 1. The highest BCUT2D eigenvalue weighted by Crippen LogP contribution is 2.34. The quantitative estimate of drug-likeness (QED) is 0.534. The van der Waals surface area contributed by atoms with E-state index >= 15 is 0 Å². The molecule has 28 heavy (non-hydrogen) atoms. The molecule has 0 spiro atoms. The van der Waals surface area contributed by atoms with Crippen LogP contribution in [0.2, 0.25) is 0 Å². The summed E-state index contributed by atoms with van der Waals surface area (Å²) >= 11 is -1.78. The molecule has 3 N–H and O–H groups in total. The van der Waals surface area contributed by atoms with E-state index in [1.165, 1.54) is 6.07 Å². The number of anilines is 1. The summed E-state index contributed by atoms with van der Waals surface area (Å²) in [5, 5.41) is 16.4. The average molecular weight is 399 g/mol. The van der Waals surface area contributed by atoms with E-state index in [1.54, 1.807) is 12.1 Å². The Morgan fingerprint density at radius 2 is 1.96 bits per heavy atom. The summed E-state index contributed by atoms with van der Waals surface area (Å²) in [5.74, 6) is 2.07. The summed E-state index contributed by atoms with van der Waals surface area (Å²) < 4.78 is 25.8. The Morgan fingerprint density at radius 1 is 1.25 bits per heavy atom. The fourth-order valence-electron chi connectivity index (χ4n) is 2.76. The maximum Gasteiger partial charge on any atom is 0.269 e. The van der Waals surface area contributed by atoms with Crippen LogP contribution < -0.4 is 10.6 Å². The summed E-state index contributed by atoms with van der Waals surface area (Å²) in [6.45, 7) is 15.1. The van der Waals surface area contributed by atoms with E-state index in [0.29, 0.717) is 5.84 Å². The normalized spacial score (nSPS) is 17.1.